The predicted octanol–water partition coefficient (Wildman–Crippen LogP) is 6.41. The van der Waals surface area contributed by atoms with Gasteiger partial charge in [0.15, 0.2) is 17.2 Å². The maximum Gasteiger partial charge on any atom is 0.209 e. The maximum absolute atomic E-state index is 14.5. The number of carbonyl (C=O) groups excluding carboxylic acids is 4. The van der Waals surface area contributed by atoms with E-state index in [0.29, 0.717) is 24.0 Å². The summed E-state index contributed by atoms with van der Waals surface area (Å²) in [5.74, 6) is -5.55. The van der Waals surface area contributed by atoms with Gasteiger partial charge in [-0.2, -0.15) is 0 Å². The number of Topliss-reactive ketones (excluding diaryl/α,β-unsaturated/α-hetero) is 4. The standard InChI is InChI=1S/C36H48O8/c1-17(2)22-14-20(13-21(38)11-12-33(6,7)8)28(39)25-23(22)15-34(9)16-35(10)26(18(3)4)29(40)24(19(5)37)31(42)36(35,44)32(43)27(34)30(25)41/h14,17-18,26,39-40,43-44H,11-13,15-16H2,1-10H3/t26?,34-,35-,36+/m1/s1. The third-order valence-corrected chi connectivity index (χ3v) is 10.3. The molecule has 1 aromatic carbocycles. The van der Waals surface area contributed by atoms with Crippen LogP contribution in [0.25, 0.3) is 0 Å². The van der Waals surface area contributed by atoms with Crippen molar-refractivity contribution in [2.24, 2.45) is 28.1 Å². The molecule has 1 aromatic rings. The first-order valence-electron chi connectivity index (χ1n) is 15.6. The van der Waals surface area contributed by atoms with Crippen molar-refractivity contribution in [1.29, 1.82) is 0 Å². The molecule has 4 rings (SSSR count). The lowest BCUT2D eigenvalue weighted by molar-refractivity contribution is -0.171. The first kappa shape index (κ1) is 33.6. The Morgan fingerprint density at radius 3 is 2.14 bits per heavy atom. The van der Waals surface area contributed by atoms with Crippen LogP contribution < -0.4 is 0 Å². The van der Waals surface area contributed by atoms with Crippen molar-refractivity contribution >= 4 is 23.1 Å². The van der Waals surface area contributed by atoms with E-state index in [4.69, 9.17) is 0 Å². The topological polar surface area (TPSA) is 149 Å². The highest BCUT2D eigenvalue weighted by Gasteiger charge is 2.71. The van der Waals surface area contributed by atoms with E-state index >= 15 is 0 Å². The van der Waals surface area contributed by atoms with Gasteiger partial charge in [0, 0.05) is 40.7 Å². The van der Waals surface area contributed by atoms with Gasteiger partial charge >= 0.3 is 0 Å². The second kappa shape index (κ2) is 10.7. The minimum absolute atomic E-state index is 0.0325. The normalized spacial score (nSPS) is 28.8. The second-order valence-corrected chi connectivity index (χ2v) is 15.7. The molecular formula is C36H48O8. The number of aliphatic hydroxyl groups excluding tert-OH is 2. The number of aromatic hydroxyl groups is 1. The summed E-state index contributed by atoms with van der Waals surface area (Å²) in [5, 5.41) is 47.0. The van der Waals surface area contributed by atoms with Gasteiger partial charge in [-0.1, -0.05) is 68.4 Å². The average Bonchev–Trinajstić information content (AvgIpc) is 2.85. The van der Waals surface area contributed by atoms with E-state index in [-0.39, 0.29) is 59.2 Å². The third-order valence-electron chi connectivity index (χ3n) is 10.3. The molecule has 0 radical (unpaired) electrons. The molecule has 0 aromatic heterocycles. The summed E-state index contributed by atoms with van der Waals surface area (Å²) in [5.41, 5.74) is -4.33. The lowest BCUT2D eigenvalue weighted by Crippen LogP contribution is -2.67. The molecule has 0 saturated heterocycles. The van der Waals surface area contributed by atoms with Crippen molar-refractivity contribution < 1.29 is 39.6 Å². The Labute approximate surface area is 260 Å². The number of aliphatic hydroxyl groups is 3. The fraction of sp³-hybridized carbons (Fsp3) is 0.611. The van der Waals surface area contributed by atoms with Crippen LogP contribution in [0.15, 0.2) is 28.7 Å². The molecule has 0 heterocycles. The molecule has 4 atom stereocenters. The first-order valence-corrected chi connectivity index (χ1v) is 15.6. The fourth-order valence-electron chi connectivity index (χ4n) is 8.35. The Balaban J connectivity index is 1.96. The number of hydrogen-bond acceptors (Lipinski definition) is 8. The number of phenols is 1. The molecule has 8 nitrogen and oxygen atoms in total. The second-order valence-electron chi connectivity index (χ2n) is 15.7. The minimum atomic E-state index is -2.66. The van der Waals surface area contributed by atoms with E-state index in [1.54, 1.807) is 33.8 Å². The molecule has 0 saturated carbocycles. The van der Waals surface area contributed by atoms with Gasteiger partial charge in [-0.15, -0.1) is 0 Å². The lowest BCUT2D eigenvalue weighted by atomic mass is 9.44. The summed E-state index contributed by atoms with van der Waals surface area (Å²) in [6.45, 7) is 18.2. The van der Waals surface area contributed by atoms with E-state index in [9.17, 15) is 39.6 Å². The van der Waals surface area contributed by atoms with Crippen LogP contribution in [0.3, 0.4) is 0 Å². The molecule has 8 heteroatoms. The molecule has 0 fully saturated rings. The lowest BCUT2D eigenvalue weighted by Gasteiger charge is -2.59. The van der Waals surface area contributed by atoms with Crippen LogP contribution in [0.2, 0.25) is 0 Å². The Kier molecular flexibility index (Phi) is 8.16. The van der Waals surface area contributed by atoms with Crippen LogP contribution >= 0.6 is 0 Å². The number of ketones is 4. The van der Waals surface area contributed by atoms with Crippen molar-refractivity contribution in [3.8, 4) is 5.75 Å². The van der Waals surface area contributed by atoms with E-state index in [2.05, 4.69) is 0 Å². The van der Waals surface area contributed by atoms with Crippen molar-refractivity contribution in [3.63, 3.8) is 0 Å². The Morgan fingerprint density at radius 2 is 1.64 bits per heavy atom. The van der Waals surface area contributed by atoms with E-state index in [1.165, 1.54) is 0 Å². The minimum Gasteiger partial charge on any atom is -0.511 e. The summed E-state index contributed by atoms with van der Waals surface area (Å²) in [6, 6.07) is 1.80. The third kappa shape index (κ3) is 4.84. The molecule has 0 bridgehead atoms. The molecule has 4 N–H and O–H groups in total. The van der Waals surface area contributed by atoms with E-state index in [1.807, 2.05) is 34.6 Å². The van der Waals surface area contributed by atoms with Crippen LogP contribution in [-0.4, -0.2) is 49.2 Å². The van der Waals surface area contributed by atoms with Gasteiger partial charge in [-0.05, 0) is 54.6 Å². The van der Waals surface area contributed by atoms with Crippen LogP contribution in [0.5, 0.6) is 5.75 Å². The number of hydrogen-bond donors (Lipinski definition) is 4. The summed E-state index contributed by atoms with van der Waals surface area (Å²) in [4.78, 5) is 53.9. The monoisotopic (exact) mass is 608 g/mol. The zero-order chi connectivity index (χ0) is 33.5. The largest absolute Gasteiger partial charge is 0.511 e. The van der Waals surface area contributed by atoms with Gasteiger partial charge in [0.1, 0.15) is 28.6 Å². The fourth-order valence-corrected chi connectivity index (χ4v) is 8.35. The van der Waals surface area contributed by atoms with Crippen LogP contribution in [0, 0.1) is 28.1 Å². The number of rotatable bonds is 7. The number of benzene rings is 1. The Hall–Kier alpha value is -3.26. The van der Waals surface area contributed by atoms with Crippen LogP contribution in [0.4, 0.5) is 0 Å². The molecule has 0 aliphatic heterocycles. The smallest absolute Gasteiger partial charge is 0.209 e. The number of phenolic OH excluding ortho intramolecular Hbond substituents is 1. The van der Waals surface area contributed by atoms with Crippen molar-refractivity contribution in [1.82, 2.24) is 0 Å². The van der Waals surface area contributed by atoms with Gasteiger partial charge in [0.05, 0.1) is 5.56 Å². The molecule has 3 aliphatic carbocycles. The number of carbonyl (C=O) groups is 4. The van der Waals surface area contributed by atoms with E-state index < -0.39 is 56.8 Å². The number of fused-ring (bicyclic) bond motifs is 3. The average molecular weight is 609 g/mol. The van der Waals surface area contributed by atoms with Crippen molar-refractivity contribution in [2.45, 2.75) is 113 Å². The molecule has 44 heavy (non-hydrogen) atoms. The summed E-state index contributed by atoms with van der Waals surface area (Å²) < 4.78 is 0. The predicted molar refractivity (Wildman–Crippen MR) is 167 cm³/mol. The van der Waals surface area contributed by atoms with Gasteiger partial charge in [0.25, 0.3) is 0 Å². The molecule has 0 spiro atoms. The first-order chi connectivity index (χ1) is 20.0. The number of allylic oxidation sites excluding steroid dienone is 2. The zero-order valence-electron chi connectivity index (χ0n) is 27.8. The van der Waals surface area contributed by atoms with Gasteiger partial charge in [-0.3, -0.25) is 19.2 Å². The van der Waals surface area contributed by atoms with Gasteiger partial charge in [-0.25, -0.2) is 0 Å². The maximum atomic E-state index is 14.5. The molecule has 240 valence electrons. The Morgan fingerprint density at radius 1 is 1.05 bits per heavy atom. The highest BCUT2D eigenvalue weighted by Crippen LogP contribution is 2.65. The Bertz CT molecular complexity index is 1530. The van der Waals surface area contributed by atoms with Crippen molar-refractivity contribution in [2.75, 3.05) is 0 Å². The summed E-state index contributed by atoms with van der Waals surface area (Å²) in [7, 11) is 0. The highest BCUT2D eigenvalue weighted by molar-refractivity contribution is 6.25. The molecule has 3 aliphatic rings. The molecular weight excluding hydrogens is 560 g/mol. The quantitative estimate of drug-likeness (QED) is 0.260. The zero-order valence-corrected chi connectivity index (χ0v) is 27.8. The van der Waals surface area contributed by atoms with Crippen LogP contribution in [-0.2, 0) is 27.2 Å². The summed E-state index contributed by atoms with van der Waals surface area (Å²) >= 11 is 0. The molecule has 0 amide bonds. The SMILES string of the molecule is CC(=O)C1=C(O)C(C(C)C)[C@@]2(C)C[C@@]3(C)Cc4c(C(C)C)cc(CC(=O)CCC(C)(C)C)c(O)c4C(=O)C3=C(O)[C@@]2(O)C1=O. The van der Waals surface area contributed by atoms with Gasteiger partial charge in [0.2, 0.25) is 5.78 Å². The molecule has 1 unspecified atom stereocenters. The highest BCUT2D eigenvalue weighted by atomic mass is 16.3. The van der Waals surface area contributed by atoms with E-state index in [0.717, 1.165) is 12.5 Å². The van der Waals surface area contributed by atoms with Crippen molar-refractivity contribution in [3.05, 3.63) is 51.0 Å². The summed E-state index contributed by atoms with van der Waals surface area (Å²) in [6.07, 6.45) is 1.17. The van der Waals surface area contributed by atoms with Gasteiger partial charge < -0.3 is 20.4 Å². The van der Waals surface area contributed by atoms with Crippen LogP contribution in [0.1, 0.15) is 121 Å².